The summed E-state index contributed by atoms with van der Waals surface area (Å²) in [7, 11) is 0. The normalized spacial score (nSPS) is 11.0. The molecule has 0 aliphatic heterocycles. The molecule has 0 amide bonds. The van der Waals surface area contributed by atoms with Crippen molar-refractivity contribution in [3.05, 3.63) is 83.9 Å². The first-order valence-corrected chi connectivity index (χ1v) is 7.40. The summed E-state index contributed by atoms with van der Waals surface area (Å²) >= 11 is 0. The van der Waals surface area contributed by atoms with Gasteiger partial charge in [-0.2, -0.15) is 0 Å². The van der Waals surface area contributed by atoms with Crippen molar-refractivity contribution in [2.24, 2.45) is 5.92 Å². The third kappa shape index (κ3) is 4.96. The van der Waals surface area contributed by atoms with Crippen molar-refractivity contribution >= 4 is 11.8 Å². The van der Waals surface area contributed by atoms with Gasteiger partial charge in [-0.1, -0.05) is 87.2 Å². The van der Waals surface area contributed by atoms with E-state index >= 15 is 0 Å². The molecule has 1 N–H and O–H groups in total. The van der Waals surface area contributed by atoms with Crippen LogP contribution in [0.4, 0.5) is 0 Å². The van der Waals surface area contributed by atoms with Crippen LogP contribution in [0.1, 0.15) is 30.5 Å². The molecule has 0 spiro atoms. The van der Waals surface area contributed by atoms with Gasteiger partial charge in [-0.3, -0.25) is 0 Å². The average Bonchev–Trinajstić information content (AvgIpc) is 2.52. The largest absolute Gasteiger partial charge is 0.381 e. The second-order valence-corrected chi connectivity index (χ2v) is 5.54. The molecule has 2 aromatic carbocycles. The highest BCUT2D eigenvalue weighted by Crippen LogP contribution is 2.13. The molecule has 1 heteroatoms. The fourth-order valence-electron chi connectivity index (χ4n) is 2.01. The fourth-order valence-corrected chi connectivity index (χ4v) is 2.01. The Balaban J connectivity index is 1.94. The summed E-state index contributed by atoms with van der Waals surface area (Å²) < 4.78 is 0. The molecule has 0 atom stereocenters. The van der Waals surface area contributed by atoms with Crippen molar-refractivity contribution in [2.75, 3.05) is 0 Å². The molecule has 0 aliphatic carbocycles. The maximum atomic E-state index is 4.11. The number of hydrogen-bond acceptors (Lipinski definition) is 1. The van der Waals surface area contributed by atoms with Gasteiger partial charge in [-0.15, -0.1) is 0 Å². The van der Waals surface area contributed by atoms with Crippen LogP contribution in [0.5, 0.6) is 0 Å². The second kappa shape index (κ2) is 7.49. The molecule has 0 aliphatic rings. The van der Waals surface area contributed by atoms with Crippen molar-refractivity contribution in [3.8, 4) is 0 Å². The van der Waals surface area contributed by atoms with Gasteiger partial charge in [0.1, 0.15) is 0 Å². The summed E-state index contributed by atoms with van der Waals surface area (Å²) in [4.78, 5) is 0. The zero-order chi connectivity index (χ0) is 15.1. The van der Waals surface area contributed by atoms with Crippen molar-refractivity contribution in [1.82, 2.24) is 5.32 Å². The van der Waals surface area contributed by atoms with E-state index in [9.17, 15) is 0 Å². The molecule has 0 saturated heterocycles. The number of hydrogen-bond donors (Lipinski definition) is 1. The van der Waals surface area contributed by atoms with E-state index in [0.717, 1.165) is 17.8 Å². The summed E-state index contributed by atoms with van der Waals surface area (Å²) in [6, 6.07) is 18.8. The second-order valence-electron chi connectivity index (χ2n) is 5.54. The maximum absolute atomic E-state index is 4.11. The summed E-state index contributed by atoms with van der Waals surface area (Å²) in [5.41, 5.74) is 4.57. The van der Waals surface area contributed by atoms with E-state index in [2.05, 4.69) is 86.4 Å². The van der Waals surface area contributed by atoms with E-state index in [1.54, 1.807) is 0 Å². The van der Waals surface area contributed by atoms with Crippen LogP contribution in [0.3, 0.4) is 0 Å². The molecular formula is C20H23N. The van der Waals surface area contributed by atoms with Crippen molar-refractivity contribution in [1.29, 1.82) is 0 Å². The van der Waals surface area contributed by atoms with Gasteiger partial charge in [0.2, 0.25) is 0 Å². The summed E-state index contributed by atoms with van der Waals surface area (Å²) in [6.45, 7) is 9.28. The van der Waals surface area contributed by atoms with Gasteiger partial charge in [0.05, 0.1) is 0 Å². The van der Waals surface area contributed by atoms with Gasteiger partial charge in [-0.25, -0.2) is 0 Å². The van der Waals surface area contributed by atoms with E-state index < -0.39 is 0 Å². The topological polar surface area (TPSA) is 12.0 Å². The molecule has 0 unspecified atom stereocenters. The van der Waals surface area contributed by atoms with Gasteiger partial charge < -0.3 is 5.32 Å². The zero-order valence-electron chi connectivity index (χ0n) is 12.8. The molecule has 1 nitrogen and oxygen atoms in total. The number of rotatable bonds is 6. The monoisotopic (exact) mass is 277 g/mol. The molecule has 2 rings (SSSR count). The number of benzene rings is 2. The molecule has 2 aromatic rings. The van der Waals surface area contributed by atoms with Crippen LogP contribution >= 0.6 is 0 Å². The van der Waals surface area contributed by atoms with Gasteiger partial charge >= 0.3 is 0 Å². The van der Waals surface area contributed by atoms with Crippen LogP contribution < -0.4 is 5.32 Å². The third-order valence-electron chi connectivity index (χ3n) is 3.28. The first-order chi connectivity index (χ1) is 10.1. The van der Waals surface area contributed by atoms with Gasteiger partial charge in [0, 0.05) is 12.2 Å². The Morgan fingerprint density at radius 1 is 1.05 bits per heavy atom. The summed E-state index contributed by atoms with van der Waals surface area (Å²) in [5, 5.41) is 3.37. The van der Waals surface area contributed by atoms with Gasteiger partial charge in [0.15, 0.2) is 0 Å². The predicted octanol–water partition coefficient (Wildman–Crippen LogP) is 5.12. The van der Waals surface area contributed by atoms with Crippen molar-refractivity contribution in [3.63, 3.8) is 0 Å². The molecule has 0 saturated carbocycles. The highest BCUT2D eigenvalue weighted by molar-refractivity contribution is 5.63. The summed E-state index contributed by atoms with van der Waals surface area (Å²) in [6.07, 6.45) is 4.37. The molecule has 0 heterocycles. The van der Waals surface area contributed by atoms with E-state index in [4.69, 9.17) is 0 Å². The molecule has 0 aromatic heterocycles. The SMILES string of the molecule is C=C(NCc1ccccc1)c1ccc(/C=C/C(C)C)cc1. The molecule has 108 valence electrons. The molecule has 0 fully saturated rings. The van der Waals surface area contributed by atoms with E-state index in [1.807, 2.05) is 6.07 Å². The Morgan fingerprint density at radius 2 is 1.71 bits per heavy atom. The first-order valence-electron chi connectivity index (χ1n) is 7.40. The smallest absolute Gasteiger partial charge is 0.0400 e. The Kier molecular flexibility index (Phi) is 5.39. The first kappa shape index (κ1) is 15.1. The average molecular weight is 277 g/mol. The lowest BCUT2D eigenvalue weighted by molar-refractivity contribution is 0.836. The quantitative estimate of drug-likeness (QED) is 0.773. The number of allylic oxidation sites excluding steroid dienone is 1. The van der Waals surface area contributed by atoms with E-state index in [0.29, 0.717) is 5.92 Å². The Morgan fingerprint density at radius 3 is 2.33 bits per heavy atom. The number of nitrogens with one attached hydrogen (secondary N) is 1. The molecular weight excluding hydrogens is 254 g/mol. The van der Waals surface area contributed by atoms with Crippen LogP contribution in [0.2, 0.25) is 0 Å². The minimum atomic E-state index is 0.576. The van der Waals surface area contributed by atoms with Crippen LogP contribution in [-0.4, -0.2) is 0 Å². The van der Waals surface area contributed by atoms with Crippen LogP contribution in [0.15, 0.2) is 67.3 Å². The fraction of sp³-hybridized carbons (Fsp3) is 0.200. The van der Waals surface area contributed by atoms with Gasteiger partial charge in [-0.05, 0) is 22.6 Å². The highest BCUT2D eigenvalue weighted by Gasteiger charge is 1.99. The van der Waals surface area contributed by atoms with E-state index in [1.165, 1.54) is 11.1 Å². The third-order valence-corrected chi connectivity index (χ3v) is 3.28. The minimum Gasteiger partial charge on any atom is -0.381 e. The Hall–Kier alpha value is -2.28. The minimum absolute atomic E-state index is 0.576. The Bertz CT molecular complexity index is 591. The maximum Gasteiger partial charge on any atom is 0.0400 e. The zero-order valence-corrected chi connectivity index (χ0v) is 12.8. The van der Waals surface area contributed by atoms with Gasteiger partial charge in [0.25, 0.3) is 0 Å². The van der Waals surface area contributed by atoms with Crippen molar-refractivity contribution < 1.29 is 0 Å². The lowest BCUT2D eigenvalue weighted by atomic mass is 10.1. The summed E-state index contributed by atoms with van der Waals surface area (Å²) in [5.74, 6) is 0.576. The van der Waals surface area contributed by atoms with Crippen LogP contribution in [-0.2, 0) is 6.54 Å². The van der Waals surface area contributed by atoms with Crippen LogP contribution in [0, 0.1) is 5.92 Å². The molecule has 0 bridgehead atoms. The molecule has 0 radical (unpaired) electrons. The Labute approximate surface area is 128 Å². The van der Waals surface area contributed by atoms with Crippen molar-refractivity contribution in [2.45, 2.75) is 20.4 Å². The van der Waals surface area contributed by atoms with E-state index in [-0.39, 0.29) is 0 Å². The molecule has 21 heavy (non-hydrogen) atoms. The highest BCUT2D eigenvalue weighted by atomic mass is 14.9. The lowest BCUT2D eigenvalue weighted by Gasteiger charge is -2.10. The lowest BCUT2D eigenvalue weighted by Crippen LogP contribution is -2.10. The standard InChI is InChI=1S/C20H23N/c1-16(2)9-10-18-11-13-20(14-12-18)17(3)21-15-19-7-5-4-6-8-19/h4-14,16,21H,3,15H2,1-2H3/b10-9+. The predicted molar refractivity (Wildman–Crippen MR) is 92.6 cm³/mol. The van der Waals surface area contributed by atoms with Crippen LogP contribution in [0.25, 0.3) is 11.8 Å².